The van der Waals surface area contributed by atoms with Gasteiger partial charge in [-0.3, -0.25) is 9.48 Å². The van der Waals surface area contributed by atoms with Crippen LogP contribution in [0.3, 0.4) is 0 Å². The van der Waals surface area contributed by atoms with Crippen molar-refractivity contribution in [1.82, 2.24) is 14.7 Å². The van der Waals surface area contributed by atoms with E-state index in [0.29, 0.717) is 11.1 Å². The number of hydrogen-bond acceptors (Lipinski definition) is 3. The number of aliphatic hydroxyl groups is 1. The molecule has 1 saturated carbocycles. The van der Waals surface area contributed by atoms with Crippen LogP contribution < -0.4 is 0 Å². The van der Waals surface area contributed by atoms with E-state index in [1.807, 2.05) is 6.92 Å². The summed E-state index contributed by atoms with van der Waals surface area (Å²) in [5.41, 5.74) is 1.97. The zero-order valence-corrected chi connectivity index (χ0v) is 13.2. The maximum Gasteiger partial charge on any atom is 0.257 e. The molecule has 1 fully saturated rings. The Kier molecular flexibility index (Phi) is 4.17. The summed E-state index contributed by atoms with van der Waals surface area (Å²) in [5.74, 6) is -0.457. The summed E-state index contributed by atoms with van der Waals surface area (Å²) in [5, 5.41) is 14.5. The van der Waals surface area contributed by atoms with Crippen LogP contribution in [0, 0.1) is 12.7 Å². The predicted octanol–water partition coefficient (Wildman–Crippen LogP) is 2.21. The van der Waals surface area contributed by atoms with E-state index in [4.69, 9.17) is 0 Å². The van der Waals surface area contributed by atoms with E-state index >= 15 is 0 Å². The van der Waals surface area contributed by atoms with Gasteiger partial charge in [0.1, 0.15) is 5.82 Å². The first kappa shape index (κ1) is 15.7. The Bertz CT molecular complexity index is 707. The second-order valence-corrected chi connectivity index (χ2v) is 6.02. The third-order valence-corrected chi connectivity index (χ3v) is 4.34. The minimum absolute atomic E-state index is 0.112. The molecular weight excluding hydrogens is 297 g/mol. The van der Waals surface area contributed by atoms with Crippen molar-refractivity contribution in [2.24, 2.45) is 7.05 Å². The highest BCUT2D eigenvalue weighted by molar-refractivity contribution is 5.95. The second-order valence-electron chi connectivity index (χ2n) is 6.02. The van der Waals surface area contributed by atoms with Gasteiger partial charge in [-0.05, 0) is 37.5 Å². The van der Waals surface area contributed by atoms with Crippen LogP contribution in [0.15, 0.2) is 30.5 Å². The Hall–Kier alpha value is -2.21. The standard InChI is InChI=1S/C17H20FN3O2/c1-11-15(9-19-20(11)2)17(23)21(14-7-8-14)10-16(22)12-3-5-13(18)6-4-12/h3-6,9,14,16,22H,7-8,10H2,1-2H3. The van der Waals surface area contributed by atoms with Crippen LogP contribution in [0.1, 0.15) is 40.6 Å². The molecule has 0 aliphatic heterocycles. The van der Waals surface area contributed by atoms with E-state index in [0.717, 1.165) is 18.5 Å². The lowest BCUT2D eigenvalue weighted by Gasteiger charge is -2.25. The van der Waals surface area contributed by atoms with E-state index in [9.17, 15) is 14.3 Å². The molecule has 6 heteroatoms. The first-order valence-corrected chi connectivity index (χ1v) is 7.70. The second kappa shape index (κ2) is 6.12. The summed E-state index contributed by atoms with van der Waals surface area (Å²) in [7, 11) is 1.79. The molecule has 0 bridgehead atoms. The van der Waals surface area contributed by atoms with Crippen molar-refractivity contribution < 1.29 is 14.3 Å². The highest BCUT2D eigenvalue weighted by atomic mass is 19.1. The topological polar surface area (TPSA) is 58.4 Å². The predicted molar refractivity (Wildman–Crippen MR) is 83.4 cm³/mol. The number of aryl methyl sites for hydroxylation is 1. The largest absolute Gasteiger partial charge is 0.387 e. The molecule has 1 amide bonds. The molecule has 2 aromatic rings. The van der Waals surface area contributed by atoms with Gasteiger partial charge >= 0.3 is 0 Å². The van der Waals surface area contributed by atoms with Gasteiger partial charge in [-0.2, -0.15) is 5.10 Å². The molecule has 122 valence electrons. The first-order chi connectivity index (χ1) is 11.0. The van der Waals surface area contributed by atoms with Crippen molar-refractivity contribution in [3.8, 4) is 0 Å². The first-order valence-electron chi connectivity index (χ1n) is 7.70. The molecule has 0 saturated heterocycles. The van der Waals surface area contributed by atoms with Crippen LogP contribution in [0.4, 0.5) is 4.39 Å². The van der Waals surface area contributed by atoms with E-state index in [-0.39, 0.29) is 24.3 Å². The quantitative estimate of drug-likeness (QED) is 0.920. The molecule has 1 aromatic heterocycles. The summed E-state index contributed by atoms with van der Waals surface area (Å²) in [4.78, 5) is 14.5. The average Bonchev–Trinajstić information content (AvgIpc) is 3.32. The van der Waals surface area contributed by atoms with E-state index in [1.54, 1.807) is 35.0 Å². The fraction of sp³-hybridized carbons (Fsp3) is 0.412. The number of aliphatic hydroxyl groups excluding tert-OH is 1. The number of hydrogen-bond donors (Lipinski definition) is 1. The average molecular weight is 317 g/mol. The van der Waals surface area contributed by atoms with Gasteiger partial charge < -0.3 is 10.0 Å². The van der Waals surface area contributed by atoms with Gasteiger partial charge in [-0.25, -0.2) is 4.39 Å². The highest BCUT2D eigenvalue weighted by Crippen LogP contribution is 2.30. The molecule has 5 nitrogen and oxygen atoms in total. The number of nitrogens with zero attached hydrogens (tertiary/aromatic N) is 3. The lowest BCUT2D eigenvalue weighted by atomic mass is 10.1. The third kappa shape index (κ3) is 3.27. The van der Waals surface area contributed by atoms with Gasteiger partial charge in [-0.15, -0.1) is 0 Å². The monoisotopic (exact) mass is 317 g/mol. The van der Waals surface area contributed by atoms with E-state index < -0.39 is 6.10 Å². The van der Waals surface area contributed by atoms with Crippen LogP contribution in [0.2, 0.25) is 0 Å². The maximum atomic E-state index is 13.0. The Balaban J connectivity index is 1.78. The van der Waals surface area contributed by atoms with Crippen molar-refractivity contribution in [2.45, 2.75) is 31.9 Å². The molecule has 1 aliphatic rings. The molecule has 1 heterocycles. The molecule has 1 aliphatic carbocycles. The third-order valence-electron chi connectivity index (χ3n) is 4.34. The lowest BCUT2D eigenvalue weighted by molar-refractivity contribution is 0.0602. The van der Waals surface area contributed by atoms with Gasteiger partial charge in [0.2, 0.25) is 0 Å². The fourth-order valence-electron chi connectivity index (χ4n) is 2.62. The fourth-order valence-corrected chi connectivity index (χ4v) is 2.62. The zero-order chi connectivity index (χ0) is 16.6. The number of aromatic nitrogens is 2. The molecular formula is C17H20FN3O2. The van der Waals surface area contributed by atoms with Gasteiger partial charge in [0.05, 0.1) is 24.4 Å². The number of amides is 1. The molecule has 1 aromatic carbocycles. The summed E-state index contributed by atoms with van der Waals surface area (Å²) >= 11 is 0. The van der Waals surface area contributed by atoms with Crippen molar-refractivity contribution >= 4 is 5.91 Å². The van der Waals surface area contributed by atoms with Crippen LogP contribution in [0.25, 0.3) is 0 Å². The van der Waals surface area contributed by atoms with Crippen molar-refractivity contribution in [3.63, 3.8) is 0 Å². The van der Waals surface area contributed by atoms with Crippen molar-refractivity contribution in [1.29, 1.82) is 0 Å². The van der Waals surface area contributed by atoms with Crippen molar-refractivity contribution in [3.05, 3.63) is 53.1 Å². The minimum Gasteiger partial charge on any atom is -0.387 e. The summed E-state index contributed by atoms with van der Waals surface area (Å²) in [6.07, 6.45) is 2.62. The molecule has 1 atom stereocenters. The molecule has 23 heavy (non-hydrogen) atoms. The molecule has 3 rings (SSSR count). The van der Waals surface area contributed by atoms with Crippen LogP contribution >= 0.6 is 0 Å². The summed E-state index contributed by atoms with van der Waals surface area (Å²) in [6.45, 7) is 2.05. The maximum absolute atomic E-state index is 13.0. The smallest absolute Gasteiger partial charge is 0.257 e. The minimum atomic E-state index is -0.836. The lowest BCUT2D eigenvalue weighted by Crippen LogP contribution is -2.36. The summed E-state index contributed by atoms with van der Waals surface area (Å²) < 4.78 is 14.7. The van der Waals surface area contributed by atoms with E-state index in [1.165, 1.54) is 12.1 Å². The van der Waals surface area contributed by atoms with Gasteiger partial charge in [0.15, 0.2) is 0 Å². The van der Waals surface area contributed by atoms with Gasteiger partial charge in [-0.1, -0.05) is 12.1 Å². The Morgan fingerprint density at radius 1 is 1.43 bits per heavy atom. The highest BCUT2D eigenvalue weighted by Gasteiger charge is 2.35. The number of halogens is 1. The Morgan fingerprint density at radius 2 is 2.09 bits per heavy atom. The number of carbonyl (C=O) groups excluding carboxylic acids is 1. The SMILES string of the molecule is Cc1c(C(=O)N(CC(O)c2ccc(F)cc2)C2CC2)cnn1C. The molecule has 1 N–H and O–H groups in total. The zero-order valence-electron chi connectivity index (χ0n) is 13.2. The van der Waals surface area contributed by atoms with Crippen molar-refractivity contribution in [2.75, 3.05) is 6.54 Å². The van der Waals surface area contributed by atoms with Crippen LogP contribution in [-0.2, 0) is 7.05 Å². The molecule has 1 unspecified atom stereocenters. The Morgan fingerprint density at radius 3 is 2.61 bits per heavy atom. The van der Waals surface area contributed by atoms with Crippen LogP contribution in [0.5, 0.6) is 0 Å². The normalized spacial score (nSPS) is 15.5. The van der Waals surface area contributed by atoms with E-state index in [2.05, 4.69) is 5.10 Å². The van der Waals surface area contributed by atoms with Gasteiger partial charge in [0.25, 0.3) is 5.91 Å². The Labute approximate surface area is 134 Å². The molecule has 0 spiro atoms. The number of benzene rings is 1. The number of rotatable bonds is 5. The van der Waals surface area contributed by atoms with Crippen LogP contribution in [-0.4, -0.2) is 38.3 Å². The molecule has 0 radical (unpaired) electrons. The van der Waals surface area contributed by atoms with Gasteiger partial charge in [0, 0.05) is 18.8 Å². The number of carbonyl (C=O) groups is 1. The summed E-state index contributed by atoms with van der Waals surface area (Å²) in [6, 6.07) is 5.88.